The number of carbonyl (C=O) groups is 1. The zero-order valence-electron chi connectivity index (χ0n) is 11.7. The molecule has 6 nitrogen and oxygen atoms in total. The van der Waals surface area contributed by atoms with Crippen molar-refractivity contribution in [1.82, 2.24) is 4.31 Å². The summed E-state index contributed by atoms with van der Waals surface area (Å²) in [7, 11) is -3.14. The Balaban J connectivity index is 1.77. The molecular formula is C13H23NO5S. The maximum absolute atomic E-state index is 12.4. The highest BCUT2D eigenvalue weighted by atomic mass is 32.2. The Morgan fingerprint density at radius 3 is 2.30 bits per heavy atom. The number of hydrogen-bond donors (Lipinski definition) is 1. The quantitative estimate of drug-likeness (QED) is 0.797. The van der Waals surface area contributed by atoms with Gasteiger partial charge in [-0.1, -0.05) is 12.8 Å². The average molecular weight is 305 g/mol. The van der Waals surface area contributed by atoms with Crippen molar-refractivity contribution in [2.45, 2.75) is 56.3 Å². The second kappa shape index (κ2) is 6.87. The van der Waals surface area contributed by atoms with E-state index in [2.05, 4.69) is 0 Å². The molecule has 0 bridgehead atoms. The highest BCUT2D eigenvalue weighted by molar-refractivity contribution is 7.89. The number of rotatable bonds is 6. The molecule has 1 aliphatic carbocycles. The fourth-order valence-corrected chi connectivity index (χ4v) is 5.03. The normalized spacial score (nSPS) is 23.2. The molecule has 0 aromatic rings. The van der Waals surface area contributed by atoms with Crippen molar-refractivity contribution < 1.29 is 23.1 Å². The molecule has 2 aliphatic rings. The molecule has 1 saturated carbocycles. The molecular weight excluding hydrogens is 282 g/mol. The number of nitrogens with zero attached hydrogens (tertiary/aromatic N) is 1. The summed E-state index contributed by atoms with van der Waals surface area (Å²) in [4.78, 5) is 10.4. The average Bonchev–Trinajstić information content (AvgIpc) is 2.93. The predicted octanol–water partition coefficient (Wildman–Crippen LogP) is 1.21. The van der Waals surface area contributed by atoms with Crippen molar-refractivity contribution in [3.63, 3.8) is 0 Å². The van der Waals surface area contributed by atoms with Crippen LogP contribution in [-0.2, 0) is 19.6 Å². The van der Waals surface area contributed by atoms with Crippen molar-refractivity contribution in [3.8, 4) is 0 Å². The Labute approximate surface area is 120 Å². The van der Waals surface area contributed by atoms with Crippen LogP contribution in [0.25, 0.3) is 0 Å². The third-order valence-corrected chi connectivity index (χ3v) is 6.55. The van der Waals surface area contributed by atoms with Crippen LogP contribution in [-0.4, -0.2) is 54.8 Å². The highest BCUT2D eigenvalue weighted by Gasteiger charge is 2.36. The first-order valence-electron chi connectivity index (χ1n) is 7.32. The van der Waals surface area contributed by atoms with Gasteiger partial charge in [0.15, 0.2) is 0 Å². The smallest absolute Gasteiger partial charge is 0.305 e. The van der Waals surface area contributed by atoms with Crippen LogP contribution in [0.2, 0.25) is 0 Å². The number of sulfonamides is 1. The number of carboxylic acids is 1. The number of piperidine rings is 1. The molecule has 2 rings (SSSR count). The van der Waals surface area contributed by atoms with Crippen LogP contribution in [0, 0.1) is 0 Å². The molecule has 1 heterocycles. The van der Waals surface area contributed by atoms with Gasteiger partial charge in [0.2, 0.25) is 10.0 Å². The molecule has 0 spiro atoms. The number of hydrogen-bond acceptors (Lipinski definition) is 4. The van der Waals surface area contributed by atoms with E-state index in [0.717, 1.165) is 25.7 Å². The van der Waals surface area contributed by atoms with Crippen LogP contribution < -0.4 is 0 Å². The van der Waals surface area contributed by atoms with Gasteiger partial charge < -0.3 is 9.84 Å². The fourth-order valence-electron chi connectivity index (χ4n) is 2.96. The van der Waals surface area contributed by atoms with E-state index in [9.17, 15) is 13.2 Å². The van der Waals surface area contributed by atoms with Crippen LogP contribution in [0.5, 0.6) is 0 Å². The Hall–Kier alpha value is -0.660. The van der Waals surface area contributed by atoms with E-state index >= 15 is 0 Å². The Morgan fingerprint density at radius 1 is 1.15 bits per heavy atom. The van der Waals surface area contributed by atoms with Gasteiger partial charge in [-0.15, -0.1) is 0 Å². The second-order valence-corrected chi connectivity index (χ2v) is 7.78. The zero-order valence-corrected chi connectivity index (χ0v) is 12.5. The Morgan fingerprint density at radius 2 is 1.75 bits per heavy atom. The largest absolute Gasteiger partial charge is 0.481 e. The first-order valence-corrected chi connectivity index (χ1v) is 8.83. The molecule has 0 amide bonds. The Kier molecular flexibility index (Phi) is 5.40. The monoisotopic (exact) mass is 305 g/mol. The third kappa shape index (κ3) is 3.93. The topological polar surface area (TPSA) is 83.9 Å². The van der Waals surface area contributed by atoms with E-state index in [0.29, 0.717) is 25.9 Å². The van der Waals surface area contributed by atoms with Gasteiger partial charge in [0, 0.05) is 13.1 Å². The van der Waals surface area contributed by atoms with E-state index in [4.69, 9.17) is 9.84 Å². The summed E-state index contributed by atoms with van der Waals surface area (Å²) in [6.07, 6.45) is 4.91. The van der Waals surface area contributed by atoms with Gasteiger partial charge in [-0.25, -0.2) is 12.7 Å². The minimum atomic E-state index is -3.14. The van der Waals surface area contributed by atoms with Gasteiger partial charge in [0.05, 0.1) is 24.4 Å². The Bertz CT molecular complexity index is 422. The summed E-state index contributed by atoms with van der Waals surface area (Å²) in [5.41, 5.74) is 0. The SMILES string of the molecule is O=C(O)CCOC1CCN(S(=O)(=O)C2CCCC2)CC1. The van der Waals surface area contributed by atoms with Gasteiger partial charge in [-0.05, 0) is 25.7 Å². The number of ether oxygens (including phenoxy) is 1. The fraction of sp³-hybridized carbons (Fsp3) is 0.923. The van der Waals surface area contributed by atoms with E-state index in [1.54, 1.807) is 4.31 Å². The molecule has 20 heavy (non-hydrogen) atoms. The molecule has 2 fully saturated rings. The van der Waals surface area contributed by atoms with E-state index < -0.39 is 16.0 Å². The van der Waals surface area contributed by atoms with Gasteiger partial charge in [0.25, 0.3) is 0 Å². The van der Waals surface area contributed by atoms with Crippen molar-refractivity contribution in [2.75, 3.05) is 19.7 Å². The van der Waals surface area contributed by atoms with Gasteiger partial charge in [-0.3, -0.25) is 4.79 Å². The minimum absolute atomic E-state index is 0.000582. The van der Waals surface area contributed by atoms with Crippen LogP contribution >= 0.6 is 0 Å². The van der Waals surface area contributed by atoms with Crippen LogP contribution in [0.15, 0.2) is 0 Å². The zero-order chi connectivity index (χ0) is 14.6. The van der Waals surface area contributed by atoms with Gasteiger partial charge in [0.1, 0.15) is 0 Å². The molecule has 0 atom stereocenters. The van der Waals surface area contributed by atoms with Crippen LogP contribution in [0.4, 0.5) is 0 Å². The third-order valence-electron chi connectivity index (χ3n) is 4.15. The molecule has 0 unspecified atom stereocenters. The minimum Gasteiger partial charge on any atom is -0.481 e. The highest BCUT2D eigenvalue weighted by Crippen LogP contribution is 2.29. The maximum Gasteiger partial charge on any atom is 0.305 e. The molecule has 7 heteroatoms. The first kappa shape index (κ1) is 15.7. The maximum atomic E-state index is 12.4. The molecule has 0 aromatic carbocycles. The van der Waals surface area contributed by atoms with Crippen molar-refractivity contribution in [2.24, 2.45) is 0 Å². The molecule has 1 aliphatic heterocycles. The van der Waals surface area contributed by atoms with Gasteiger partial charge >= 0.3 is 5.97 Å². The summed E-state index contributed by atoms with van der Waals surface area (Å²) < 4.78 is 31.9. The lowest BCUT2D eigenvalue weighted by Crippen LogP contribution is -2.44. The van der Waals surface area contributed by atoms with Gasteiger partial charge in [-0.2, -0.15) is 0 Å². The standard InChI is InChI=1S/C13H23NO5S/c15-13(16)7-10-19-11-5-8-14(9-6-11)20(17,18)12-3-1-2-4-12/h11-12H,1-10H2,(H,15,16). The molecule has 1 N–H and O–H groups in total. The van der Waals surface area contributed by atoms with Crippen LogP contribution in [0.3, 0.4) is 0 Å². The summed E-state index contributed by atoms with van der Waals surface area (Å²) in [6, 6.07) is 0. The summed E-state index contributed by atoms with van der Waals surface area (Å²) in [5.74, 6) is -0.869. The first-order chi connectivity index (χ1) is 9.50. The second-order valence-electron chi connectivity index (χ2n) is 5.56. The number of aliphatic carboxylic acids is 1. The summed E-state index contributed by atoms with van der Waals surface area (Å²) in [6.45, 7) is 1.20. The summed E-state index contributed by atoms with van der Waals surface area (Å²) in [5, 5.41) is 8.36. The van der Waals surface area contributed by atoms with E-state index in [1.807, 2.05) is 0 Å². The van der Waals surface area contributed by atoms with Crippen LogP contribution in [0.1, 0.15) is 44.9 Å². The number of carboxylic acid groups (broad SMARTS) is 1. The molecule has 0 aromatic heterocycles. The molecule has 116 valence electrons. The molecule has 1 saturated heterocycles. The lowest BCUT2D eigenvalue weighted by molar-refractivity contribution is -0.138. The van der Waals surface area contributed by atoms with Crippen molar-refractivity contribution in [1.29, 1.82) is 0 Å². The predicted molar refractivity (Wildman–Crippen MR) is 74.0 cm³/mol. The summed E-state index contributed by atoms with van der Waals surface area (Å²) >= 11 is 0. The van der Waals surface area contributed by atoms with E-state index in [1.165, 1.54) is 0 Å². The van der Waals surface area contributed by atoms with Crippen molar-refractivity contribution >= 4 is 16.0 Å². The van der Waals surface area contributed by atoms with Crippen molar-refractivity contribution in [3.05, 3.63) is 0 Å². The lowest BCUT2D eigenvalue weighted by atomic mass is 10.1. The van der Waals surface area contributed by atoms with E-state index in [-0.39, 0.29) is 24.4 Å². The lowest BCUT2D eigenvalue weighted by Gasteiger charge is -2.32. The molecule has 0 radical (unpaired) electrons.